The fraction of sp³-hybridized carbons (Fsp3) is 0.550. The van der Waals surface area contributed by atoms with Crippen LogP contribution in [0.4, 0.5) is 0 Å². The largest absolute Gasteiger partial charge is 0.360 e. The van der Waals surface area contributed by atoms with Crippen LogP contribution in [0.15, 0.2) is 33.9 Å². The SMILES string of the molecule is Cc1noc(C)c1S(=O)(=O)N1CCN(C(=O)C2(c3cccnc3)CCCC2)CC1. The predicted molar refractivity (Wildman–Crippen MR) is 106 cm³/mol. The van der Waals surface area contributed by atoms with Gasteiger partial charge in [-0.15, -0.1) is 0 Å². The Morgan fingerprint density at radius 1 is 1.14 bits per heavy atom. The van der Waals surface area contributed by atoms with Crippen LogP contribution in [0.5, 0.6) is 0 Å². The lowest BCUT2D eigenvalue weighted by Gasteiger charge is -2.39. The molecule has 1 saturated heterocycles. The van der Waals surface area contributed by atoms with Crippen LogP contribution < -0.4 is 0 Å². The van der Waals surface area contributed by atoms with Gasteiger partial charge >= 0.3 is 0 Å². The molecule has 3 heterocycles. The summed E-state index contributed by atoms with van der Waals surface area (Å²) in [6.45, 7) is 4.51. The third kappa shape index (κ3) is 3.36. The minimum atomic E-state index is -3.69. The monoisotopic (exact) mass is 418 g/mol. The minimum Gasteiger partial charge on any atom is -0.360 e. The van der Waals surface area contributed by atoms with Gasteiger partial charge in [0.25, 0.3) is 0 Å². The van der Waals surface area contributed by atoms with Gasteiger partial charge in [-0.1, -0.05) is 24.1 Å². The van der Waals surface area contributed by atoms with Crippen molar-refractivity contribution < 1.29 is 17.7 Å². The van der Waals surface area contributed by atoms with Gasteiger partial charge < -0.3 is 9.42 Å². The Morgan fingerprint density at radius 3 is 2.38 bits per heavy atom. The summed E-state index contributed by atoms with van der Waals surface area (Å²) in [4.78, 5) is 19.7. The zero-order chi connectivity index (χ0) is 20.6. The van der Waals surface area contributed by atoms with E-state index in [0.29, 0.717) is 24.5 Å². The number of sulfonamides is 1. The molecule has 2 fully saturated rings. The third-order valence-electron chi connectivity index (χ3n) is 6.17. The maximum Gasteiger partial charge on any atom is 0.248 e. The molecule has 0 spiro atoms. The van der Waals surface area contributed by atoms with Gasteiger partial charge in [0.15, 0.2) is 5.76 Å². The van der Waals surface area contributed by atoms with Crippen molar-refractivity contribution in [3.8, 4) is 0 Å². The molecule has 2 aromatic rings. The molecule has 29 heavy (non-hydrogen) atoms. The highest BCUT2D eigenvalue weighted by Crippen LogP contribution is 2.42. The molecular weight excluding hydrogens is 392 g/mol. The van der Waals surface area contributed by atoms with E-state index in [0.717, 1.165) is 31.2 Å². The second kappa shape index (κ2) is 7.53. The summed E-state index contributed by atoms with van der Waals surface area (Å²) in [5, 5.41) is 3.76. The maximum absolute atomic E-state index is 13.5. The van der Waals surface area contributed by atoms with Crippen LogP contribution in [0.3, 0.4) is 0 Å². The topological polar surface area (TPSA) is 96.6 Å². The number of rotatable bonds is 4. The van der Waals surface area contributed by atoms with Crippen molar-refractivity contribution in [2.75, 3.05) is 26.2 Å². The number of carbonyl (C=O) groups is 1. The second-order valence-electron chi connectivity index (χ2n) is 7.88. The fourth-order valence-electron chi connectivity index (χ4n) is 4.66. The number of pyridine rings is 1. The molecule has 0 atom stereocenters. The van der Waals surface area contributed by atoms with Crippen LogP contribution in [0.1, 0.15) is 42.7 Å². The lowest BCUT2D eigenvalue weighted by Crippen LogP contribution is -2.55. The molecule has 0 unspecified atom stereocenters. The molecule has 156 valence electrons. The van der Waals surface area contributed by atoms with Gasteiger partial charge in [-0.2, -0.15) is 4.31 Å². The summed E-state index contributed by atoms with van der Waals surface area (Å²) < 4.78 is 32.5. The van der Waals surface area contributed by atoms with Crippen molar-refractivity contribution in [1.82, 2.24) is 19.3 Å². The highest BCUT2D eigenvalue weighted by molar-refractivity contribution is 7.89. The van der Waals surface area contributed by atoms with E-state index in [9.17, 15) is 13.2 Å². The fourth-order valence-corrected chi connectivity index (χ4v) is 6.37. The first-order valence-electron chi connectivity index (χ1n) is 9.99. The van der Waals surface area contributed by atoms with Crippen molar-refractivity contribution in [1.29, 1.82) is 0 Å². The molecule has 2 aliphatic rings. The van der Waals surface area contributed by atoms with Crippen molar-refractivity contribution >= 4 is 15.9 Å². The van der Waals surface area contributed by atoms with Crippen LogP contribution in [0, 0.1) is 13.8 Å². The summed E-state index contributed by atoms with van der Waals surface area (Å²) >= 11 is 0. The quantitative estimate of drug-likeness (QED) is 0.754. The van der Waals surface area contributed by atoms with E-state index in [4.69, 9.17) is 4.52 Å². The number of hydrogen-bond donors (Lipinski definition) is 0. The number of hydrogen-bond acceptors (Lipinski definition) is 6. The number of carbonyl (C=O) groups excluding carboxylic acids is 1. The van der Waals surface area contributed by atoms with Gasteiger partial charge in [-0.3, -0.25) is 9.78 Å². The molecule has 1 saturated carbocycles. The highest BCUT2D eigenvalue weighted by Gasteiger charge is 2.46. The van der Waals surface area contributed by atoms with E-state index in [1.54, 1.807) is 26.2 Å². The number of amides is 1. The van der Waals surface area contributed by atoms with Gasteiger partial charge in [0.1, 0.15) is 10.6 Å². The van der Waals surface area contributed by atoms with Crippen LogP contribution in [0.2, 0.25) is 0 Å². The van der Waals surface area contributed by atoms with E-state index < -0.39 is 15.4 Å². The first-order chi connectivity index (χ1) is 13.9. The molecule has 0 N–H and O–H groups in total. The first kappa shape index (κ1) is 20.0. The van der Waals surface area contributed by atoms with Crippen LogP contribution in [-0.2, 0) is 20.2 Å². The average Bonchev–Trinajstić information content (AvgIpc) is 3.36. The Morgan fingerprint density at radius 2 is 1.83 bits per heavy atom. The van der Waals surface area contributed by atoms with Crippen LogP contribution in [-0.4, -0.2) is 59.8 Å². The van der Waals surface area contributed by atoms with Crippen molar-refractivity contribution in [2.45, 2.75) is 49.8 Å². The summed E-state index contributed by atoms with van der Waals surface area (Å²) in [5.74, 6) is 0.389. The molecule has 9 heteroatoms. The van der Waals surface area contributed by atoms with Crippen molar-refractivity contribution in [3.05, 3.63) is 41.5 Å². The van der Waals surface area contributed by atoms with E-state index in [2.05, 4.69) is 10.1 Å². The Labute approximate surface area is 170 Å². The molecule has 2 aromatic heterocycles. The molecule has 8 nitrogen and oxygen atoms in total. The molecule has 4 rings (SSSR count). The van der Waals surface area contributed by atoms with Gasteiger partial charge in [0.05, 0.1) is 5.41 Å². The Kier molecular flexibility index (Phi) is 5.20. The van der Waals surface area contributed by atoms with Gasteiger partial charge in [0.2, 0.25) is 15.9 Å². The minimum absolute atomic E-state index is 0.0948. The predicted octanol–water partition coefficient (Wildman–Crippen LogP) is 2.03. The molecule has 0 aromatic carbocycles. The summed E-state index contributed by atoms with van der Waals surface area (Å²) in [5.41, 5.74) is 0.799. The molecule has 1 aliphatic carbocycles. The average molecular weight is 419 g/mol. The van der Waals surface area contributed by atoms with E-state index >= 15 is 0 Å². The van der Waals surface area contributed by atoms with Crippen molar-refractivity contribution in [3.63, 3.8) is 0 Å². The summed E-state index contributed by atoms with van der Waals surface area (Å²) in [6.07, 6.45) is 7.17. The second-order valence-corrected chi connectivity index (χ2v) is 9.76. The summed E-state index contributed by atoms with van der Waals surface area (Å²) in [7, 11) is -3.69. The Bertz CT molecular complexity index is 969. The normalized spacial score (nSPS) is 20.1. The van der Waals surface area contributed by atoms with E-state index in [1.165, 1.54) is 4.31 Å². The molecular formula is C20H26N4O4S. The smallest absolute Gasteiger partial charge is 0.248 e. The van der Waals surface area contributed by atoms with Gasteiger partial charge in [0, 0.05) is 38.6 Å². The lowest BCUT2D eigenvalue weighted by molar-refractivity contribution is -0.138. The third-order valence-corrected chi connectivity index (χ3v) is 8.32. The van der Waals surface area contributed by atoms with Gasteiger partial charge in [-0.05, 0) is 38.3 Å². The van der Waals surface area contributed by atoms with E-state index in [-0.39, 0.29) is 23.9 Å². The van der Waals surface area contributed by atoms with E-state index in [1.807, 2.05) is 17.0 Å². The molecule has 1 amide bonds. The Hall–Kier alpha value is -2.26. The maximum atomic E-state index is 13.5. The molecule has 0 radical (unpaired) electrons. The molecule has 1 aliphatic heterocycles. The van der Waals surface area contributed by atoms with Crippen LogP contribution in [0.25, 0.3) is 0 Å². The lowest BCUT2D eigenvalue weighted by atomic mass is 9.78. The van der Waals surface area contributed by atoms with Gasteiger partial charge in [-0.25, -0.2) is 8.42 Å². The zero-order valence-electron chi connectivity index (χ0n) is 16.8. The zero-order valence-corrected chi connectivity index (χ0v) is 17.6. The number of nitrogens with zero attached hydrogens (tertiary/aromatic N) is 4. The Balaban J connectivity index is 1.52. The summed E-state index contributed by atoms with van der Waals surface area (Å²) in [6, 6.07) is 3.85. The standard InChI is InChI=1S/C20H26N4O4S/c1-15-18(16(2)28-22-15)29(26,27)24-12-10-23(11-13-24)19(25)20(7-3-4-8-20)17-6-5-9-21-14-17/h5-6,9,14H,3-4,7-8,10-13H2,1-2H3. The molecule has 0 bridgehead atoms. The van der Waals surface area contributed by atoms with Crippen LogP contribution >= 0.6 is 0 Å². The number of aromatic nitrogens is 2. The van der Waals surface area contributed by atoms with Crippen molar-refractivity contribution in [2.24, 2.45) is 0 Å². The first-order valence-corrected chi connectivity index (χ1v) is 11.4. The highest BCUT2D eigenvalue weighted by atomic mass is 32.2. The number of aryl methyl sites for hydroxylation is 2. The number of piperazine rings is 1.